The largest absolute Gasteiger partial charge is 0.497 e. The van der Waals surface area contributed by atoms with E-state index in [1.807, 2.05) is 18.2 Å². The SMILES string of the molecule is COc1ccc(OC(C)C(=O)Nc2ccc3[nH]ncc3c2)cc1. The second kappa shape index (κ2) is 6.39. The molecule has 0 saturated carbocycles. The summed E-state index contributed by atoms with van der Waals surface area (Å²) in [6.07, 6.45) is 1.09. The molecule has 2 aromatic carbocycles. The monoisotopic (exact) mass is 311 g/mol. The Balaban J connectivity index is 1.64. The van der Waals surface area contributed by atoms with Gasteiger partial charge in [-0.1, -0.05) is 0 Å². The molecule has 6 nitrogen and oxygen atoms in total. The Morgan fingerprint density at radius 1 is 1.17 bits per heavy atom. The molecular formula is C17H17N3O3. The number of hydrogen-bond acceptors (Lipinski definition) is 4. The van der Waals surface area contributed by atoms with Crippen LogP contribution < -0.4 is 14.8 Å². The standard InChI is InChI=1S/C17H17N3O3/c1-11(23-15-6-4-14(22-2)5-7-15)17(21)19-13-3-8-16-12(9-13)10-18-20-16/h3-11H,1-2H3,(H,18,20)(H,19,21). The van der Waals surface area contributed by atoms with Crippen LogP contribution in [0.5, 0.6) is 11.5 Å². The highest BCUT2D eigenvalue weighted by molar-refractivity contribution is 5.96. The van der Waals surface area contributed by atoms with Crippen molar-refractivity contribution in [3.8, 4) is 11.5 Å². The van der Waals surface area contributed by atoms with Crippen LogP contribution in [0.3, 0.4) is 0 Å². The minimum absolute atomic E-state index is 0.219. The molecule has 3 aromatic rings. The molecule has 0 spiro atoms. The Kier molecular flexibility index (Phi) is 4.14. The van der Waals surface area contributed by atoms with Crippen LogP contribution in [-0.2, 0) is 4.79 Å². The lowest BCUT2D eigenvalue weighted by Gasteiger charge is -2.15. The maximum atomic E-state index is 12.2. The summed E-state index contributed by atoms with van der Waals surface area (Å²) in [4.78, 5) is 12.2. The molecule has 0 aliphatic heterocycles. The zero-order chi connectivity index (χ0) is 16.2. The number of anilines is 1. The molecule has 0 saturated heterocycles. The third kappa shape index (κ3) is 3.42. The van der Waals surface area contributed by atoms with Crippen LogP contribution in [0.25, 0.3) is 10.9 Å². The maximum absolute atomic E-state index is 12.2. The first-order chi connectivity index (χ1) is 11.2. The van der Waals surface area contributed by atoms with Crippen molar-refractivity contribution >= 4 is 22.5 Å². The van der Waals surface area contributed by atoms with Gasteiger partial charge in [-0.05, 0) is 49.4 Å². The van der Waals surface area contributed by atoms with Gasteiger partial charge >= 0.3 is 0 Å². The number of nitrogens with zero attached hydrogens (tertiary/aromatic N) is 1. The van der Waals surface area contributed by atoms with Gasteiger partial charge in [-0.3, -0.25) is 9.89 Å². The highest BCUT2D eigenvalue weighted by atomic mass is 16.5. The lowest BCUT2D eigenvalue weighted by Crippen LogP contribution is -2.30. The minimum atomic E-state index is -0.622. The average molecular weight is 311 g/mol. The number of fused-ring (bicyclic) bond motifs is 1. The Hall–Kier alpha value is -3.02. The summed E-state index contributed by atoms with van der Waals surface area (Å²) in [7, 11) is 1.60. The molecule has 0 radical (unpaired) electrons. The number of rotatable bonds is 5. The van der Waals surface area contributed by atoms with Crippen LogP contribution in [0, 0.1) is 0 Å². The number of ether oxygens (including phenoxy) is 2. The van der Waals surface area contributed by atoms with Crippen molar-refractivity contribution in [2.24, 2.45) is 0 Å². The number of amides is 1. The molecule has 1 unspecified atom stereocenters. The van der Waals surface area contributed by atoms with Crippen LogP contribution >= 0.6 is 0 Å². The number of methoxy groups -OCH3 is 1. The summed E-state index contributed by atoms with van der Waals surface area (Å²) < 4.78 is 10.7. The number of H-pyrrole nitrogens is 1. The van der Waals surface area contributed by atoms with E-state index in [9.17, 15) is 4.79 Å². The van der Waals surface area contributed by atoms with Crippen molar-refractivity contribution in [3.05, 3.63) is 48.7 Å². The molecule has 1 amide bonds. The number of carbonyl (C=O) groups is 1. The number of aromatic nitrogens is 2. The highest BCUT2D eigenvalue weighted by Gasteiger charge is 2.15. The summed E-state index contributed by atoms with van der Waals surface area (Å²) in [5.74, 6) is 1.13. The van der Waals surface area contributed by atoms with E-state index in [4.69, 9.17) is 9.47 Å². The fraction of sp³-hybridized carbons (Fsp3) is 0.176. The molecule has 23 heavy (non-hydrogen) atoms. The van der Waals surface area contributed by atoms with E-state index < -0.39 is 6.10 Å². The molecule has 2 N–H and O–H groups in total. The molecule has 0 aliphatic carbocycles. The van der Waals surface area contributed by atoms with Gasteiger partial charge in [0.2, 0.25) is 0 Å². The van der Waals surface area contributed by atoms with Crippen molar-refractivity contribution in [1.82, 2.24) is 10.2 Å². The van der Waals surface area contributed by atoms with Gasteiger partial charge < -0.3 is 14.8 Å². The molecule has 118 valence electrons. The molecule has 1 atom stereocenters. The van der Waals surface area contributed by atoms with Crippen LogP contribution in [0.2, 0.25) is 0 Å². The number of benzene rings is 2. The van der Waals surface area contributed by atoms with Crippen molar-refractivity contribution < 1.29 is 14.3 Å². The molecule has 0 bridgehead atoms. The molecule has 3 rings (SSSR count). The first-order valence-electron chi connectivity index (χ1n) is 7.20. The molecule has 1 heterocycles. The number of hydrogen-bond donors (Lipinski definition) is 2. The first kappa shape index (κ1) is 14.9. The Labute approximate surface area is 133 Å². The number of aromatic amines is 1. The van der Waals surface area contributed by atoms with E-state index >= 15 is 0 Å². The lowest BCUT2D eigenvalue weighted by atomic mass is 10.2. The lowest BCUT2D eigenvalue weighted by molar-refractivity contribution is -0.122. The van der Waals surface area contributed by atoms with Gasteiger partial charge in [-0.25, -0.2) is 0 Å². The highest BCUT2D eigenvalue weighted by Crippen LogP contribution is 2.20. The smallest absolute Gasteiger partial charge is 0.265 e. The minimum Gasteiger partial charge on any atom is -0.497 e. The van der Waals surface area contributed by atoms with Crippen LogP contribution in [0.4, 0.5) is 5.69 Å². The van der Waals surface area contributed by atoms with E-state index in [2.05, 4.69) is 15.5 Å². The summed E-state index contributed by atoms with van der Waals surface area (Å²) in [5.41, 5.74) is 1.62. The van der Waals surface area contributed by atoms with E-state index in [1.54, 1.807) is 44.5 Å². The zero-order valence-electron chi connectivity index (χ0n) is 12.9. The third-order valence-electron chi connectivity index (χ3n) is 3.45. The maximum Gasteiger partial charge on any atom is 0.265 e. The molecule has 0 fully saturated rings. The fourth-order valence-electron chi connectivity index (χ4n) is 2.18. The number of carbonyl (C=O) groups excluding carboxylic acids is 1. The van der Waals surface area contributed by atoms with E-state index in [0.29, 0.717) is 11.4 Å². The predicted octanol–water partition coefficient (Wildman–Crippen LogP) is 2.98. The van der Waals surface area contributed by atoms with Gasteiger partial charge in [0.25, 0.3) is 5.91 Å². The van der Waals surface area contributed by atoms with Crippen LogP contribution in [-0.4, -0.2) is 29.3 Å². The normalized spacial score (nSPS) is 11.9. The van der Waals surface area contributed by atoms with Gasteiger partial charge in [0.05, 0.1) is 18.8 Å². The van der Waals surface area contributed by atoms with Gasteiger partial charge in [0, 0.05) is 11.1 Å². The van der Waals surface area contributed by atoms with Gasteiger partial charge in [0.15, 0.2) is 6.10 Å². The third-order valence-corrected chi connectivity index (χ3v) is 3.45. The zero-order valence-corrected chi connectivity index (χ0v) is 12.9. The first-order valence-corrected chi connectivity index (χ1v) is 7.20. The fourth-order valence-corrected chi connectivity index (χ4v) is 2.18. The van der Waals surface area contributed by atoms with Crippen LogP contribution in [0.15, 0.2) is 48.7 Å². The molecule has 6 heteroatoms. The van der Waals surface area contributed by atoms with E-state index in [0.717, 1.165) is 16.7 Å². The number of nitrogens with one attached hydrogen (secondary N) is 2. The Morgan fingerprint density at radius 3 is 2.65 bits per heavy atom. The second-order valence-electron chi connectivity index (χ2n) is 5.10. The van der Waals surface area contributed by atoms with Gasteiger partial charge in [0.1, 0.15) is 11.5 Å². The van der Waals surface area contributed by atoms with Crippen molar-refractivity contribution in [1.29, 1.82) is 0 Å². The van der Waals surface area contributed by atoms with E-state index in [1.165, 1.54) is 0 Å². The summed E-state index contributed by atoms with van der Waals surface area (Å²) >= 11 is 0. The van der Waals surface area contributed by atoms with Crippen molar-refractivity contribution in [3.63, 3.8) is 0 Å². The van der Waals surface area contributed by atoms with Gasteiger partial charge in [-0.2, -0.15) is 5.10 Å². The quantitative estimate of drug-likeness (QED) is 0.759. The summed E-state index contributed by atoms with van der Waals surface area (Å²) in [5, 5.41) is 10.6. The average Bonchev–Trinajstić information content (AvgIpc) is 3.03. The predicted molar refractivity (Wildman–Crippen MR) is 87.8 cm³/mol. The Morgan fingerprint density at radius 2 is 1.91 bits per heavy atom. The van der Waals surface area contributed by atoms with Gasteiger partial charge in [-0.15, -0.1) is 0 Å². The molecule has 0 aliphatic rings. The second-order valence-corrected chi connectivity index (χ2v) is 5.10. The Bertz CT molecular complexity index is 811. The van der Waals surface area contributed by atoms with Crippen molar-refractivity contribution in [2.45, 2.75) is 13.0 Å². The summed E-state index contributed by atoms with van der Waals surface area (Å²) in [6.45, 7) is 1.70. The topological polar surface area (TPSA) is 76.2 Å². The van der Waals surface area contributed by atoms with Crippen LogP contribution in [0.1, 0.15) is 6.92 Å². The van der Waals surface area contributed by atoms with E-state index in [-0.39, 0.29) is 5.91 Å². The molecule has 1 aromatic heterocycles. The van der Waals surface area contributed by atoms with Crippen molar-refractivity contribution in [2.75, 3.05) is 12.4 Å². The molecular weight excluding hydrogens is 294 g/mol. The summed E-state index contributed by atoms with van der Waals surface area (Å²) in [6, 6.07) is 12.6.